The Hall–Kier alpha value is -7.39. The molecule has 4 aromatic heterocycles. The maximum Gasteiger partial charge on any atom is 0.488 e. The predicted molar refractivity (Wildman–Crippen MR) is 278 cm³/mol. The summed E-state index contributed by atoms with van der Waals surface area (Å²) in [7, 11) is -1.46. The van der Waals surface area contributed by atoms with E-state index in [0.717, 1.165) is 80.6 Å². The molecular formula is C54H34BBr2ClN6O4. The van der Waals surface area contributed by atoms with Crippen LogP contribution in [0.1, 0.15) is 0 Å². The fourth-order valence-corrected chi connectivity index (χ4v) is 8.42. The highest BCUT2D eigenvalue weighted by molar-refractivity contribution is 9.10. The number of furan rings is 2. The third-order valence-corrected chi connectivity index (χ3v) is 12.0. The van der Waals surface area contributed by atoms with Gasteiger partial charge in [-0.05, 0) is 77.7 Å². The summed E-state index contributed by atoms with van der Waals surface area (Å²) in [4.78, 5) is 27.2. The first-order valence-electron chi connectivity index (χ1n) is 21.2. The zero-order valence-corrected chi connectivity index (χ0v) is 39.5. The fraction of sp³-hybridized carbons (Fsp3) is 0. The molecule has 0 spiro atoms. The molecule has 0 bridgehead atoms. The number of aromatic nitrogens is 6. The number of rotatable bonds is 6. The Labute approximate surface area is 411 Å². The molecule has 10 nitrogen and oxygen atoms in total. The molecule has 0 fully saturated rings. The molecule has 2 N–H and O–H groups in total. The van der Waals surface area contributed by atoms with Crippen LogP contribution in [0.25, 0.3) is 101 Å². The highest BCUT2D eigenvalue weighted by atomic mass is 79.9. The van der Waals surface area contributed by atoms with Crippen molar-refractivity contribution in [3.8, 4) is 56.9 Å². The van der Waals surface area contributed by atoms with Crippen LogP contribution in [0.3, 0.4) is 0 Å². The Morgan fingerprint density at radius 2 is 0.676 bits per heavy atom. The predicted octanol–water partition coefficient (Wildman–Crippen LogP) is 13.4. The molecule has 0 unspecified atom stereocenters. The van der Waals surface area contributed by atoms with Crippen molar-refractivity contribution >= 4 is 99.9 Å². The summed E-state index contributed by atoms with van der Waals surface area (Å²) in [5.74, 6) is 3.09. The van der Waals surface area contributed by atoms with E-state index in [1.807, 2.05) is 164 Å². The minimum absolute atomic E-state index is 0.202. The summed E-state index contributed by atoms with van der Waals surface area (Å²) in [6.07, 6.45) is 0. The lowest BCUT2D eigenvalue weighted by Crippen LogP contribution is -2.29. The number of hydrogen-bond donors (Lipinski definition) is 2. The maximum atomic E-state index is 9.16. The molecule has 14 heteroatoms. The minimum atomic E-state index is -1.46. The van der Waals surface area contributed by atoms with E-state index >= 15 is 0 Å². The molecule has 0 aliphatic heterocycles. The fourth-order valence-electron chi connectivity index (χ4n) is 7.54. The van der Waals surface area contributed by atoms with Gasteiger partial charge in [0.15, 0.2) is 29.1 Å². The van der Waals surface area contributed by atoms with E-state index in [1.165, 1.54) is 0 Å². The summed E-state index contributed by atoms with van der Waals surface area (Å²) >= 11 is 13.0. The van der Waals surface area contributed by atoms with Crippen LogP contribution >= 0.6 is 43.5 Å². The van der Waals surface area contributed by atoms with Gasteiger partial charge in [-0.2, -0.15) is 9.97 Å². The van der Waals surface area contributed by atoms with Crippen molar-refractivity contribution in [3.63, 3.8) is 0 Å². The van der Waals surface area contributed by atoms with E-state index in [4.69, 9.17) is 45.4 Å². The van der Waals surface area contributed by atoms with Crippen molar-refractivity contribution in [2.45, 2.75) is 0 Å². The van der Waals surface area contributed by atoms with Crippen LogP contribution in [-0.4, -0.2) is 47.1 Å². The standard InChI is InChI=1S/C27H16BrN3O.C15H10ClN3.C12H8BBrO3/c28-20-12-14-24-22(16-20)21-15-19(11-13-23(21)32-24)27-30-25(17-7-3-1-4-8-17)29-26(31-27)18-9-5-2-6-10-18;16-15-18-13(11-7-3-1-4-8-11)17-14(19-15)12-9-5-2-6-10-12;14-8-2-4-12-10(6-8)9-5-7(13(15)16)1-3-11(9)17-12/h1-16H;1-10H;1-6,15-16H. The monoisotopic (exact) mass is 1030 g/mol. The molecule has 328 valence electrons. The van der Waals surface area contributed by atoms with Crippen LogP contribution in [0, 0.1) is 0 Å². The van der Waals surface area contributed by atoms with Gasteiger partial charge in [-0.25, -0.2) is 19.9 Å². The SMILES string of the molecule is Brc1ccc2oc3ccc(-c4nc(-c5ccccc5)nc(-c5ccccc5)n4)cc3c2c1.Clc1nc(-c2ccccc2)nc(-c2ccccc2)n1.OB(O)c1ccc2oc3ccc(Br)cc3c2c1. The molecule has 0 atom stereocenters. The van der Waals surface area contributed by atoms with Crippen LogP contribution in [0.2, 0.25) is 5.28 Å². The third kappa shape index (κ3) is 9.84. The summed E-state index contributed by atoms with van der Waals surface area (Å²) in [5.41, 5.74) is 8.33. The number of halogens is 3. The number of hydrogen-bond acceptors (Lipinski definition) is 10. The Kier molecular flexibility index (Phi) is 13.0. The van der Waals surface area contributed by atoms with Crippen molar-refractivity contribution in [3.05, 3.63) is 208 Å². The van der Waals surface area contributed by atoms with Gasteiger partial charge >= 0.3 is 7.12 Å². The van der Waals surface area contributed by atoms with Crippen LogP contribution in [0.4, 0.5) is 0 Å². The van der Waals surface area contributed by atoms with Crippen molar-refractivity contribution in [2.75, 3.05) is 0 Å². The van der Waals surface area contributed by atoms with E-state index in [0.29, 0.717) is 34.6 Å². The summed E-state index contributed by atoms with van der Waals surface area (Å²) in [5, 5.41) is 22.4. The lowest BCUT2D eigenvalue weighted by atomic mass is 9.80. The average Bonchev–Trinajstić information content (AvgIpc) is 3.94. The first-order valence-corrected chi connectivity index (χ1v) is 23.2. The first-order chi connectivity index (χ1) is 33.2. The van der Waals surface area contributed by atoms with Crippen molar-refractivity contribution < 1.29 is 18.9 Å². The lowest BCUT2D eigenvalue weighted by Gasteiger charge is -2.08. The first kappa shape index (κ1) is 44.5. The van der Waals surface area contributed by atoms with Crippen LogP contribution in [0.5, 0.6) is 0 Å². The Morgan fingerprint density at radius 1 is 0.353 bits per heavy atom. The minimum Gasteiger partial charge on any atom is -0.456 e. The van der Waals surface area contributed by atoms with Crippen molar-refractivity contribution in [1.82, 2.24) is 29.9 Å². The third-order valence-electron chi connectivity index (χ3n) is 10.8. The Bertz CT molecular complexity index is 3600. The van der Waals surface area contributed by atoms with Crippen LogP contribution < -0.4 is 5.46 Å². The second kappa shape index (κ2) is 19.8. The van der Waals surface area contributed by atoms with Crippen molar-refractivity contribution in [1.29, 1.82) is 0 Å². The molecule has 4 heterocycles. The Balaban J connectivity index is 0.000000128. The molecular weight excluding hydrogens is 1000 g/mol. The molecule has 12 aromatic rings. The van der Waals surface area contributed by atoms with Gasteiger partial charge in [0.1, 0.15) is 22.3 Å². The lowest BCUT2D eigenvalue weighted by molar-refractivity contribution is 0.426. The largest absolute Gasteiger partial charge is 0.488 e. The molecule has 68 heavy (non-hydrogen) atoms. The van der Waals surface area contributed by atoms with Gasteiger partial charge in [0.25, 0.3) is 0 Å². The second-order valence-corrected chi connectivity index (χ2v) is 17.5. The van der Waals surface area contributed by atoms with Gasteiger partial charge in [0.05, 0.1) is 0 Å². The molecule has 0 aliphatic carbocycles. The van der Waals surface area contributed by atoms with Gasteiger partial charge in [0, 0.05) is 58.3 Å². The zero-order chi connectivity index (χ0) is 46.6. The number of nitrogens with zero attached hydrogens (tertiary/aromatic N) is 6. The van der Waals surface area contributed by atoms with E-state index in [9.17, 15) is 0 Å². The Morgan fingerprint density at radius 3 is 1.07 bits per heavy atom. The van der Waals surface area contributed by atoms with Crippen LogP contribution in [-0.2, 0) is 0 Å². The average molecular weight is 1040 g/mol. The molecule has 8 aromatic carbocycles. The van der Waals surface area contributed by atoms with Gasteiger partial charge in [-0.3, -0.25) is 0 Å². The molecule has 0 saturated carbocycles. The normalized spacial score (nSPS) is 11.0. The highest BCUT2D eigenvalue weighted by Gasteiger charge is 2.16. The molecule has 0 amide bonds. The second-order valence-electron chi connectivity index (χ2n) is 15.3. The smallest absolute Gasteiger partial charge is 0.456 e. The van der Waals surface area contributed by atoms with Crippen LogP contribution in [0.15, 0.2) is 212 Å². The summed E-state index contributed by atoms with van der Waals surface area (Å²) < 4.78 is 13.6. The number of fused-ring (bicyclic) bond motifs is 6. The summed E-state index contributed by atoms with van der Waals surface area (Å²) in [6.45, 7) is 0. The maximum absolute atomic E-state index is 9.16. The molecule has 0 radical (unpaired) electrons. The van der Waals surface area contributed by atoms with Gasteiger partial charge in [-0.1, -0.05) is 165 Å². The van der Waals surface area contributed by atoms with E-state index in [-0.39, 0.29) is 5.28 Å². The highest BCUT2D eigenvalue weighted by Crippen LogP contribution is 2.35. The van der Waals surface area contributed by atoms with E-state index in [2.05, 4.69) is 58.9 Å². The molecule has 12 rings (SSSR count). The van der Waals surface area contributed by atoms with Gasteiger partial charge in [-0.15, -0.1) is 0 Å². The van der Waals surface area contributed by atoms with E-state index in [1.54, 1.807) is 18.2 Å². The zero-order valence-electron chi connectivity index (χ0n) is 35.6. The molecule has 0 aliphatic rings. The molecule has 0 saturated heterocycles. The van der Waals surface area contributed by atoms with Crippen molar-refractivity contribution in [2.24, 2.45) is 0 Å². The van der Waals surface area contributed by atoms with Gasteiger partial charge in [0.2, 0.25) is 5.28 Å². The summed E-state index contributed by atoms with van der Waals surface area (Å²) in [6, 6.07) is 62.4. The number of benzene rings is 8. The van der Waals surface area contributed by atoms with Gasteiger partial charge < -0.3 is 18.9 Å². The topological polar surface area (TPSA) is 144 Å². The quantitative estimate of drug-likeness (QED) is 0.154. The van der Waals surface area contributed by atoms with E-state index < -0.39 is 7.12 Å².